The lowest BCUT2D eigenvalue weighted by molar-refractivity contribution is 0.0587. The minimum atomic E-state index is -0.534. The van der Waals surface area contributed by atoms with Gasteiger partial charge in [0.05, 0.1) is 12.7 Å². The SMILES string of the molecule is COCC(O)CCNC(=O)c1ccc(C(C)C)cc1. The normalized spacial score (nSPS) is 12.5. The number of amides is 1. The quantitative estimate of drug-likeness (QED) is 0.792. The van der Waals surface area contributed by atoms with Gasteiger partial charge in [0.15, 0.2) is 0 Å². The van der Waals surface area contributed by atoms with Crippen molar-refractivity contribution in [1.29, 1.82) is 0 Å². The molecule has 0 saturated heterocycles. The van der Waals surface area contributed by atoms with Crippen LogP contribution < -0.4 is 5.32 Å². The van der Waals surface area contributed by atoms with Crippen LogP contribution in [0.1, 0.15) is 42.1 Å². The van der Waals surface area contributed by atoms with Crippen molar-refractivity contribution in [2.75, 3.05) is 20.3 Å². The number of hydrogen-bond donors (Lipinski definition) is 2. The number of hydrogen-bond acceptors (Lipinski definition) is 3. The Kier molecular flexibility index (Phi) is 6.53. The number of carbonyl (C=O) groups is 1. The Morgan fingerprint density at radius 1 is 1.32 bits per heavy atom. The van der Waals surface area contributed by atoms with Crippen LogP contribution in [0, 0.1) is 0 Å². The minimum absolute atomic E-state index is 0.111. The van der Waals surface area contributed by atoms with Crippen molar-refractivity contribution < 1.29 is 14.6 Å². The third-order valence-electron chi connectivity index (χ3n) is 2.96. The van der Waals surface area contributed by atoms with Gasteiger partial charge in [-0.1, -0.05) is 26.0 Å². The standard InChI is InChI=1S/C15H23NO3/c1-11(2)12-4-6-13(7-5-12)15(18)16-9-8-14(17)10-19-3/h4-7,11,14,17H,8-10H2,1-3H3,(H,16,18). The topological polar surface area (TPSA) is 58.6 Å². The summed E-state index contributed by atoms with van der Waals surface area (Å²) in [5.74, 6) is 0.348. The van der Waals surface area contributed by atoms with Crippen LogP contribution in [-0.4, -0.2) is 37.4 Å². The molecular formula is C15H23NO3. The monoisotopic (exact) mass is 265 g/mol. The van der Waals surface area contributed by atoms with Gasteiger partial charge < -0.3 is 15.2 Å². The van der Waals surface area contributed by atoms with Gasteiger partial charge in [-0.2, -0.15) is 0 Å². The van der Waals surface area contributed by atoms with Crippen LogP contribution >= 0.6 is 0 Å². The molecular weight excluding hydrogens is 242 g/mol. The fourth-order valence-corrected chi connectivity index (χ4v) is 1.75. The molecule has 0 aliphatic rings. The van der Waals surface area contributed by atoms with Gasteiger partial charge in [-0.05, 0) is 30.0 Å². The average Bonchev–Trinajstić information content (AvgIpc) is 2.39. The highest BCUT2D eigenvalue weighted by Gasteiger charge is 2.08. The predicted octanol–water partition coefficient (Wildman–Crippen LogP) is 1.94. The Morgan fingerprint density at radius 2 is 1.95 bits per heavy atom. The molecule has 0 spiro atoms. The maximum Gasteiger partial charge on any atom is 0.251 e. The van der Waals surface area contributed by atoms with Crippen LogP contribution in [0.3, 0.4) is 0 Å². The van der Waals surface area contributed by atoms with Crippen molar-refractivity contribution >= 4 is 5.91 Å². The molecule has 1 atom stereocenters. The van der Waals surface area contributed by atoms with Gasteiger partial charge in [-0.3, -0.25) is 4.79 Å². The van der Waals surface area contributed by atoms with E-state index in [1.54, 1.807) is 0 Å². The second-order valence-electron chi connectivity index (χ2n) is 4.93. The van der Waals surface area contributed by atoms with Gasteiger partial charge >= 0.3 is 0 Å². The summed E-state index contributed by atoms with van der Waals surface area (Å²) in [7, 11) is 1.54. The molecule has 19 heavy (non-hydrogen) atoms. The van der Waals surface area contributed by atoms with E-state index in [4.69, 9.17) is 4.74 Å². The summed E-state index contributed by atoms with van der Waals surface area (Å²) in [5, 5.41) is 12.2. The fraction of sp³-hybridized carbons (Fsp3) is 0.533. The van der Waals surface area contributed by atoms with Crippen molar-refractivity contribution in [3.63, 3.8) is 0 Å². The zero-order valence-corrected chi connectivity index (χ0v) is 11.8. The van der Waals surface area contributed by atoms with Crippen molar-refractivity contribution in [2.45, 2.75) is 32.3 Å². The lowest BCUT2D eigenvalue weighted by Crippen LogP contribution is -2.28. The van der Waals surface area contributed by atoms with E-state index in [9.17, 15) is 9.90 Å². The van der Waals surface area contributed by atoms with E-state index in [0.717, 1.165) is 0 Å². The van der Waals surface area contributed by atoms with Crippen molar-refractivity contribution in [3.8, 4) is 0 Å². The first-order valence-corrected chi connectivity index (χ1v) is 6.59. The second-order valence-corrected chi connectivity index (χ2v) is 4.93. The summed E-state index contributed by atoms with van der Waals surface area (Å²) in [5.41, 5.74) is 1.86. The van der Waals surface area contributed by atoms with E-state index in [2.05, 4.69) is 19.2 Å². The van der Waals surface area contributed by atoms with Gasteiger partial charge in [0.2, 0.25) is 0 Å². The van der Waals surface area contributed by atoms with E-state index < -0.39 is 6.10 Å². The van der Waals surface area contributed by atoms with Crippen LogP contribution in [0.25, 0.3) is 0 Å². The lowest BCUT2D eigenvalue weighted by atomic mass is 10.0. The lowest BCUT2D eigenvalue weighted by Gasteiger charge is -2.10. The molecule has 0 aromatic heterocycles. The summed E-state index contributed by atoms with van der Waals surface area (Å²) in [6, 6.07) is 7.60. The number of rotatable bonds is 7. The maximum absolute atomic E-state index is 11.8. The number of nitrogens with one attached hydrogen (secondary N) is 1. The molecule has 0 radical (unpaired) electrons. The van der Waals surface area contributed by atoms with Gasteiger partial charge in [-0.25, -0.2) is 0 Å². The maximum atomic E-state index is 11.8. The highest BCUT2D eigenvalue weighted by molar-refractivity contribution is 5.94. The van der Waals surface area contributed by atoms with E-state index >= 15 is 0 Å². The molecule has 4 heteroatoms. The smallest absolute Gasteiger partial charge is 0.251 e. The summed E-state index contributed by atoms with van der Waals surface area (Å²) in [4.78, 5) is 11.8. The molecule has 2 N–H and O–H groups in total. The first kappa shape index (κ1) is 15.7. The minimum Gasteiger partial charge on any atom is -0.391 e. The van der Waals surface area contributed by atoms with Crippen LogP contribution in [-0.2, 0) is 4.74 Å². The molecule has 0 bridgehead atoms. The van der Waals surface area contributed by atoms with Gasteiger partial charge in [0, 0.05) is 19.2 Å². The predicted molar refractivity (Wildman–Crippen MR) is 75.4 cm³/mol. The molecule has 4 nitrogen and oxygen atoms in total. The molecule has 0 heterocycles. The molecule has 1 unspecified atom stereocenters. The van der Waals surface area contributed by atoms with E-state index in [1.807, 2.05) is 24.3 Å². The number of aliphatic hydroxyl groups is 1. The fourth-order valence-electron chi connectivity index (χ4n) is 1.75. The molecule has 1 aromatic rings. The third kappa shape index (κ3) is 5.41. The molecule has 1 rings (SSSR count). The van der Waals surface area contributed by atoms with Crippen molar-refractivity contribution in [3.05, 3.63) is 35.4 Å². The molecule has 0 saturated carbocycles. The zero-order valence-electron chi connectivity index (χ0n) is 11.8. The Morgan fingerprint density at radius 3 is 2.47 bits per heavy atom. The molecule has 1 amide bonds. The van der Waals surface area contributed by atoms with Crippen molar-refractivity contribution in [2.24, 2.45) is 0 Å². The van der Waals surface area contributed by atoms with Crippen LogP contribution in [0.5, 0.6) is 0 Å². The Bertz CT molecular complexity index is 387. The zero-order chi connectivity index (χ0) is 14.3. The molecule has 0 fully saturated rings. The summed E-state index contributed by atoms with van der Waals surface area (Å²) < 4.78 is 4.82. The van der Waals surface area contributed by atoms with Crippen LogP contribution in [0.15, 0.2) is 24.3 Å². The second kappa shape index (κ2) is 7.92. The van der Waals surface area contributed by atoms with E-state index in [0.29, 0.717) is 31.1 Å². The molecule has 1 aromatic carbocycles. The van der Waals surface area contributed by atoms with E-state index in [1.165, 1.54) is 12.7 Å². The van der Waals surface area contributed by atoms with Gasteiger partial charge in [0.1, 0.15) is 0 Å². The summed E-state index contributed by atoms with van der Waals surface area (Å²) >= 11 is 0. The Balaban J connectivity index is 2.41. The molecule has 0 aliphatic carbocycles. The number of ether oxygens (including phenoxy) is 1. The van der Waals surface area contributed by atoms with Gasteiger partial charge in [0.25, 0.3) is 5.91 Å². The largest absolute Gasteiger partial charge is 0.391 e. The van der Waals surface area contributed by atoms with Gasteiger partial charge in [-0.15, -0.1) is 0 Å². The van der Waals surface area contributed by atoms with Crippen molar-refractivity contribution in [1.82, 2.24) is 5.32 Å². The number of carbonyl (C=O) groups excluding carboxylic acids is 1. The Labute approximate surface area is 114 Å². The number of benzene rings is 1. The molecule has 0 aliphatic heterocycles. The molecule has 106 valence electrons. The van der Waals surface area contributed by atoms with Crippen LogP contribution in [0.4, 0.5) is 0 Å². The number of aliphatic hydroxyl groups excluding tert-OH is 1. The van der Waals surface area contributed by atoms with Crippen LogP contribution in [0.2, 0.25) is 0 Å². The highest BCUT2D eigenvalue weighted by Crippen LogP contribution is 2.14. The summed E-state index contributed by atoms with van der Waals surface area (Å²) in [6.45, 7) is 4.97. The summed E-state index contributed by atoms with van der Waals surface area (Å²) in [6.07, 6.45) is -0.0439. The first-order valence-electron chi connectivity index (χ1n) is 6.59. The number of methoxy groups -OCH3 is 1. The highest BCUT2D eigenvalue weighted by atomic mass is 16.5. The third-order valence-corrected chi connectivity index (χ3v) is 2.96. The Hall–Kier alpha value is -1.39. The van der Waals surface area contributed by atoms with E-state index in [-0.39, 0.29) is 5.91 Å². The average molecular weight is 265 g/mol. The first-order chi connectivity index (χ1) is 9.04.